The molecule has 0 aliphatic carbocycles. The molecule has 2 heterocycles. The number of benzene rings is 1. The summed E-state index contributed by atoms with van der Waals surface area (Å²) in [6, 6.07) is 10.9. The predicted octanol–water partition coefficient (Wildman–Crippen LogP) is 4.29. The summed E-state index contributed by atoms with van der Waals surface area (Å²) >= 11 is 7.43. The van der Waals surface area contributed by atoms with Crippen molar-refractivity contribution in [2.45, 2.75) is 24.4 Å². The van der Waals surface area contributed by atoms with E-state index in [1.54, 1.807) is 12.1 Å². The van der Waals surface area contributed by atoms with Crippen molar-refractivity contribution in [3.8, 4) is 11.4 Å². The molecule has 25 heavy (non-hydrogen) atoms. The average Bonchev–Trinajstić information content (AvgIpc) is 3.26. The van der Waals surface area contributed by atoms with E-state index in [-0.39, 0.29) is 5.76 Å². The summed E-state index contributed by atoms with van der Waals surface area (Å²) in [7, 11) is 1.32. The SMILES string of the molecule is CCn1c(SCc2ccc(C(=O)OC)o2)nnc1-c1ccc(Cl)cc1. The molecule has 0 aliphatic heterocycles. The third kappa shape index (κ3) is 3.88. The largest absolute Gasteiger partial charge is 0.463 e. The van der Waals surface area contributed by atoms with Crippen molar-refractivity contribution >= 4 is 29.3 Å². The Morgan fingerprint density at radius 3 is 2.68 bits per heavy atom. The number of hydrogen-bond acceptors (Lipinski definition) is 6. The Morgan fingerprint density at radius 2 is 2.00 bits per heavy atom. The van der Waals surface area contributed by atoms with Gasteiger partial charge in [0.15, 0.2) is 11.0 Å². The highest BCUT2D eigenvalue weighted by Crippen LogP contribution is 2.27. The molecule has 0 radical (unpaired) electrons. The predicted molar refractivity (Wildman–Crippen MR) is 95.8 cm³/mol. The van der Waals surface area contributed by atoms with Crippen LogP contribution in [-0.2, 0) is 17.0 Å². The van der Waals surface area contributed by atoms with E-state index < -0.39 is 5.97 Å². The van der Waals surface area contributed by atoms with E-state index in [9.17, 15) is 4.79 Å². The van der Waals surface area contributed by atoms with Crippen LogP contribution < -0.4 is 0 Å². The molecular formula is C17H16ClN3O3S. The summed E-state index contributed by atoms with van der Waals surface area (Å²) in [6.45, 7) is 2.77. The normalized spacial score (nSPS) is 10.8. The van der Waals surface area contributed by atoms with Gasteiger partial charge in [-0.3, -0.25) is 0 Å². The topological polar surface area (TPSA) is 70.2 Å². The first-order valence-corrected chi connectivity index (χ1v) is 8.97. The number of halogens is 1. The Morgan fingerprint density at radius 1 is 1.24 bits per heavy atom. The summed E-state index contributed by atoms with van der Waals surface area (Å²) in [6.07, 6.45) is 0. The van der Waals surface area contributed by atoms with Crippen LogP contribution >= 0.6 is 23.4 Å². The molecule has 0 bridgehead atoms. The fourth-order valence-corrected chi connectivity index (χ4v) is 3.32. The van der Waals surface area contributed by atoms with Gasteiger partial charge in [-0.2, -0.15) is 0 Å². The second kappa shape index (κ2) is 7.76. The van der Waals surface area contributed by atoms with Gasteiger partial charge in [0.05, 0.1) is 12.9 Å². The number of furan rings is 1. The molecule has 0 amide bonds. The standard InChI is InChI=1S/C17H16ClN3O3S/c1-3-21-15(11-4-6-12(18)7-5-11)19-20-17(21)25-10-13-8-9-14(24-13)16(22)23-2/h4-9H,3,10H2,1-2H3. The first-order valence-electron chi connectivity index (χ1n) is 7.61. The Balaban J connectivity index is 1.76. The van der Waals surface area contributed by atoms with E-state index in [1.165, 1.54) is 18.9 Å². The first kappa shape index (κ1) is 17.6. The van der Waals surface area contributed by atoms with Crippen molar-refractivity contribution in [2.75, 3.05) is 7.11 Å². The van der Waals surface area contributed by atoms with Gasteiger partial charge < -0.3 is 13.7 Å². The third-order valence-corrected chi connectivity index (χ3v) is 4.77. The highest BCUT2D eigenvalue weighted by Gasteiger charge is 2.15. The van der Waals surface area contributed by atoms with Crippen molar-refractivity contribution in [3.63, 3.8) is 0 Å². The fraction of sp³-hybridized carbons (Fsp3) is 0.235. The van der Waals surface area contributed by atoms with Crippen LogP contribution in [0.15, 0.2) is 46.0 Å². The quantitative estimate of drug-likeness (QED) is 0.471. The number of methoxy groups -OCH3 is 1. The number of rotatable bonds is 6. The minimum Gasteiger partial charge on any atom is -0.463 e. The van der Waals surface area contributed by atoms with Crippen LogP contribution in [0, 0.1) is 0 Å². The molecule has 0 unspecified atom stereocenters. The minimum absolute atomic E-state index is 0.192. The third-order valence-electron chi connectivity index (χ3n) is 3.53. The van der Waals surface area contributed by atoms with Crippen LogP contribution in [0.1, 0.15) is 23.2 Å². The summed E-state index contributed by atoms with van der Waals surface area (Å²) < 4.78 is 12.1. The lowest BCUT2D eigenvalue weighted by atomic mass is 10.2. The van der Waals surface area contributed by atoms with E-state index in [1.807, 2.05) is 35.8 Å². The van der Waals surface area contributed by atoms with Crippen molar-refractivity contribution in [3.05, 3.63) is 52.9 Å². The molecule has 6 nitrogen and oxygen atoms in total. The van der Waals surface area contributed by atoms with Gasteiger partial charge in [-0.1, -0.05) is 23.4 Å². The average molecular weight is 378 g/mol. The van der Waals surface area contributed by atoms with Crippen molar-refractivity contribution < 1.29 is 13.9 Å². The molecule has 0 N–H and O–H groups in total. The summed E-state index contributed by atoms with van der Waals surface area (Å²) in [5.41, 5.74) is 0.955. The molecule has 0 saturated carbocycles. The highest BCUT2D eigenvalue weighted by molar-refractivity contribution is 7.98. The Labute approximate surface area is 154 Å². The Kier molecular flexibility index (Phi) is 5.45. The molecule has 3 rings (SSSR count). The van der Waals surface area contributed by atoms with Gasteiger partial charge in [0.1, 0.15) is 5.76 Å². The maximum atomic E-state index is 11.4. The van der Waals surface area contributed by atoms with Crippen molar-refractivity contribution in [1.29, 1.82) is 0 Å². The molecule has 1 aromatic carbocycles. The highest BCUT2D eigenvalue weighted by atomic mass is 35.5. The lowest BCUT2D eigenvalue weighted by Crippen LogP contribution is -2.00. The molecule has 0 spiro atoms. The number of carbonyl (C=O) groups excluding carboxylic acids is 1. The minimum atomic E-state index is -0.488. The second-order valence-corrected chi connectivity index (χ2v) is 6.48. The lowest BCUT2D eigenvalue weighted by Gasteiger charge is -2.07. The molecule has 130 valence electrons. The smallest absolute Gasteiger partial charge is 0.373 e. The number of aromatic nitrogens is 3. The fourth-order valence-electron chi connectivity index (χ4n) is 2.29. The zero-order valence-electron chi connectivity index (χ0n) is 13.7. The van der Waals surface area contributed by atoms with Gasteiger partial charge >= 0.3 is 5.97 Å². The van der Waals surface area contributed by atoms with Gasteiger partial charge in [-0.15, -0.1) is 10.2 Å². The van der Waals surface area contributed by atoms with Crippen molar-refractivity contribution in [1.82, 2.24) is 14.8 Å². The van der Waals surface area contributed by atoms with E-state index >= 15 is 0 Å². The number of hydrogen-bond donors (Lipinski definition) is 0. The number of nitrogens with zero attached hydrogens (tertiary/aromatic N) is 3. The van der Waals surface area contributed by atoms with E-state index in [0.717, 1.165) is 23.1 Å². The van der Waals surface area contributed by atoms with Crippen LogP contribution in [0.25, 0.3) is 11.4 Å². The van der Waals surface area contributed by atoms with Gasteiger partial charge in [0.2, 0.25) is 5.76 Å². The van der Waals surface area contributed by atoms with Crippen LogP contribution in [0.2, 0.25) is 5.02 Å². The van der Waals surface area contributed by atoms with Gasteiger partial charge in [0, 0.05) is 17.1 Å². The Hall–Kier alpha value is -2.25. The van der Waals surface area contributed by atoms with Crippen molar-refractivity contribution in [2.24, 2.45) is 0 Å². The molecule has 8 heteroatoms. The van der Waals surface area contributed by atoms with E-state index in [0.29, 0.717) is 16.5 Å². The summed E-state index contributed by atoms with van der Waals surface area (Å²) in [5, 5.41) is 10.0. The van der Waals surface area contributed by atoms with Crippen LogP contribution in [-0.4, -0.2) is 27.8 Å². The number of esters is 1. The summed E-state index contributed by atoms with van der Waals surface area (Å²) in [4.78, 5) is 11.4. The van der Waals surface area contributed by atoms with E-state index in [2.05, 4.69) is 14.9 Å². The molecule has 0 aliphatic rings. The maximum absolute atomic E-state index is 11.4. The number of carbonyl (C=O) groups is 1. The van der Waals surface area contributed by atoms with E-state index in [4.69, 9.17) is 16.0 Å². The molecule has 0 saturated heterocycles. The zero-order chi connectivity index (χ0) is 17.8. The van der Waals surface area contributed by atoms with Crippen LogP contribution in [0.4, 0.5) is 0 Å². The van der Waals surface area contributed by atoms with Gasteiger partial charge in [0.25, 0.3) is 0 Å². The molecular weight excluding hydrogens is 362 g/mol. The second-order valence-electron chi connectivity index (χ2n) is 5.10. The molecule has 0 fully saturated rings. The zero-order valence-corrected chi connectivity index (χ0v) is 15.3. The molecule has 0 atom stereocenters. The summed E-state index contributed by atoms with van der Waals surface area (Å²) in [5.74, 6) is 1.70. The lowest BCUT2D eigenvalue weighted by molar-refractivity contribution is 0.0563. The molecule has 3 aromatic rings. The Bertz CT molecular complexity index is 874. The first-order chi connectivity index (χ1) is 12.1. The van der Waals surface area contributed by atoms with Crippen LogP contribution in [0.5, 0.6) is 0 Å². The monoisotopic (exact) mass is 377 g/mol. The van der Waals surface area contributed by atoms with Gasteiger partial charge in [-0.25, -0.2) is 4.79 Å². The van der Waals surface area contributed by atoms with Gasteiger partial charge in [-0.05, 0) is 43.3 Å². The molecule has 2 aromatic heterocycles. The maximum Gasteiger partial charge on any atom is 0.373 e. The number of ether oxygens (including phenoxy) is 1. The number of thioether (sulfide) groups is 1. The van der Waals surface area contributed by atoms with Crippen LogP contribution in [0.3, 0.4) is 0 Å².